The van der Waals surface area contributed by atoms with E-state index in [1.807, 2.05) is 12.1 Å². The van der Waals surface area contributed by atoms with Crippen LogP contribution in [0, 0.1) is 0 Å². The van der Waals surface area contributed by atoms with E-state index in [-0.39, 0.29) is 5.60 Å². The molecule has 1 unspecified atom stereocenters. The van der Waals surface area contributed by atoms with Crippen LogP contribution < -0.4 is 0 Å². The van der Waals surface area contributed by atoms with Gasteiger partial charge < -0.3 is 4.74 Å². The van der Waals surface area contributed by atoms with Crippen LogP contribution in [0.3, 0.4) is 0 Å². The Hall–Kier alpha value is 0.140. The predicted octanol–water partition coefficient (Wildman–Crippen LogP) is 4.88. The van der Waals surface area contributed by atoms with Crippen molar-refractivity contribution in [2.45, 2.75) is 32.3 Å². The van der Waals surface area contributed by atoms with Gasteiger partial charge >= 0.3 is 0 Å². The topological polar surface area (TPSA) is 9.23 Å². The molecular weight excluding hydrogens is 332 g/mol. The zero-order valence-electron chi connectivity index (χ0n) is 9.80. The SMILES string of the molecule is CCCCOC(C)(CBr)c1ccccc1Br. The minimum absolute atomic E-state index is 0.255. The summed E-state index contributed by atoms with van der Waals surface area (Å²) in [6, 6.07) is 8.23. The Morgan fingerprint density at radius 3 is 2.56 bits per heavy atom. The van der Waals surface area contributed by atoms with Gasteiger partial charge in [0.05, 0.1) is 0 Å². The van der Waals surface area contributed by atoms with Crippen LogP contribution >= 0.6 is 31.9 Å². The molecule has 0 heterocycles. The Morgan fingerprint density at radius 2 is 2.00 bits per heavy atom. The van der Waals surface area contributed by atoms with Crippen molar-refractivity contribution in [3.05, 3.63) is 34.3 Å². The normalized spacial score (nSPS) is 14.8. The first-order valence-electron chi connectivity index (χ1n) is 5.59. The van der Waals surface area contributed by atoms with Gasteiger partial charge in [-0.15, -0.1) is 0 Å². The first-order valence-corrected chi connectivity index (χ1v) is 7.50. The molecule has 16 heavy (non-hydrogen) atoms. The number of unbranched alkanes of at least 4 members (excludes halogenated alkanes) is 1. The molecule has 0 spiro atoms. The monoisotopic (exact) mass is 348 g/mol. The average molecular weight is 350 g/mol. The van der Waals surface area contributed by atoms with E-state index in [2.05, 4.69) is 57.8 Å². The van der Waals surface area contributed by atoms with Crippen molar-refractivity contribution in [1.82, 2.24) is 0 Å². The molecule has 1 rings (SSSR count). The number of rotatable bonds is 6. The van der Waals surface area contributed by atoms with E-state index in [1.54, 1.807) is 0 Å². The van der Waals surface area contributed by atoms with Crippen molar-refractivity contribution >= 4 is 31.9 Å². The number of alkyl halides is 1. The summed E-state index contributed by atoms with van der Waals surface area (Å²) < 4.78 is 7.11. The molecule has 0 saturated carbocycles. The molecule has 90 valence electrons. The molecule has 1 atom stereocenters. The van der Waals surface area contributed by atoms with E-state index < -0.39 is 0 Å². The van der Waals surface area contributed by atoms with E-state index in [4.69, 9.17) is 4.74 Å². The number of hydrogen-bond donors (Lipinski definition) is 0. The predicted molar refractivity (Wildman–Crippen MR) is 76.1 cm³/mol. The van der Waals surface area contributed by atoms with Gasteiger partial charge in [0.25, 0.3) is 0 Å². The summed E-state index contributed by atoms with van der Waals surface area (Å²) in [5.74, 6) is 0. The number of hydrogen-bond acceptors (Lipinski definition) is 1. The second-order valence-electron chi connectivity index (χ2n) is 4.05. The minimum atomic E-state index is -0.255. The highest BCUT2D eigenvalue weighted by Crippen LogP contribution is 2.33. The van der Waals surface area contributed by atoms with Gasteiger partial charge in [-0.2, -0.15) is 0 Å². The zero-order chi connectivity index (χ0) is 12.0. The van der Waals surface area contributed by atoms with Crippen LogP contribution in [0.2, 0.25) is 0 Å². The smallest absolute Gasteiger partial charge is 0.101 e. The molecule has 1 aromatic carbocycles. The summed E-state index contributed by atoms with van der Waals surface area (Å²) in [6.45, 7) is 5.10. The van der Waals surface area contributed by atoms with Crippen LogP contribution in [0.25, 0.3) is 0 Å². The average Bonchev–Trinajstić information content (AvgIpc) is 2.30. The molecule has 0 saturated heterocycles. The highest BCUT2D eigenvalue weighted by Gasteiger charge is 2.27. The minimum Gasteiger partial charge on any atom is -0.370 e. The Morgan fingerprint density at radius 1 is 1.31 bits per heavy atom. The lowest BCUT2D eigenvalue weighted by molar-refractivity contribution is -0.0185. The summed E-state index contributed by atoms with van der Waals surface area (Å²) >= 11 is 7.13. The third-order valence-corrected chi connectivity index (χ3v) is 4.38. The standard InChI is InChI=1S/C13H18Br2O/c1-3-4-9-16-13(2,10-14)11-7-5-6-8-12(11)15/h5-8H,3-4,9-10H2,1-2H3. The zero-order valence-corrected chi connectivity index (χ0v) is 13.0. The van der Waals surface area contributed by atoms with E-state index >= 15 is 0 Å². The molecule has 0 aromatic heterocycles. The van der Waals surface area contributed by atoms with Crippen LogP contribution in [0.5, 0.6) is 0 Å². The second-order valence-corrected chi connectivity index (χ2v) is 5.46. The fraction of sp³-hybridized carbons (Fsp3) is 0.538. The molecule has 3 heteroatoms. The molecule has 0 radical (unpaired) electrons. The Kier molecular flexibility index (Phi) is 6.01. The summed E-state index contributed by atoms with van der Waals surface area (Å²) in [5, 5.41) is 0.798. The first kappa shape index (κ1) is 14.2. The van der Waals surface area contributed by atoms with Gasteiger partial charge in [-0.25, -0.2) is 0 Å². The van der Waals surface area contributed by atoms with Crippen molar-refractivity contribution in [2.75, 3.05) is 11.9 Å². The molecule has 0 fully saturated rings. The first-order chi connectivity index (χ1) is 7.64. The molecule has 1 nitrogen and oxygen atoms in total. The van der Waals surface area contributed by atoms with Crippen LogP contribution in [0.15, 0.2) is 28.7 Å². The Labute approximate surface area is 115 Å². The van der Waals surface area contributed by atoms with Gasteiger partial charge in [0.15, 0.2) is 0 Å². The van der Waals surface area contributed by atoms with Crippen molar-refractivity contribution in [1.29, 1.82) is 0 Å². The maximum atomic E-state index is 6.01. The van der Waals surface area contributed by atoms with Crippen molar-refractivity contribution in [3.8, 4) is 0 Å². The highest BCUT2D eigenvalue weighted by molar-refractivity contribution is 9.10. The van der Waals surface area contributed by atoms with Crippen molar-refractivity contribution in [2.24, 2.45) is 0 Å². The van der Waals surface area contributed by atoms with Gasteiger partial charge in [0.2, 0.25) is 0 Å². The second kappa shape index (κ2) is 6.77. The Balaban J connectivity index is 2.83. The van der Waals surface area contributed by atoms with E-state index in [9.17, 15) is 0 Å². The van der Waals surface area contributed by atoms with Crippen molar-refractivity contribution < 1.29 is 4.74 Å². The molecule has 0 aliphatic carbocycles. The van der Waals surface area contributed by atoms with E-state index in [0.717, 1.165) is 29.3 Å². The quantitative estimate of drug-likeness (QED) is 0.525. The van der Waals surface area contributed by atoms with Gasteiger partial charge in [0.1, 0.15) is 5.60 Å². The lowest BCUT2D eigenvalue weighted by Gasteiger charge is -2.29. The summed E-state index contributed by atoms with van der Waals surface area (Å²) in [7, 11) is 0. The van der Waals surface area contributed by atoms with Crippen molar-refractivity contribution in [3.63, 3.8) is 0 Å². The molecule has 1 aromatic rings. The maximum Gasteiger partial charge on any atom is 0.101 e. The molecular formula is C13H18Br2O. The van der Waals surface area contributed by atoms with E-state index in [1.165, 1.54) is 5.56 Å². The molecule has 0 amide bonds. The third kappa shape index (κ3) is 3.57. The highest BCUT2D eigenvalue weighted by atomic mass is 79.9. The largest absolute Gasteiger partial charge is 0.370 e. The summed E-state index contributed by atoms with van der Waals surface area (Å²) in [4.78, 5) is 0. The van der Waals surface area contributed by atoms with Crippen LogP contribution in [0.1, 0.15) is 32.3 Å². The fourth-order valence-electron chi connectivity index (χ4n) is 1.52. The number of halogens is 2. The number of benzene rings is 1. The third-order valence-electron chi connectivity index (χ3n) is 2.62. The van der Waals surface area contributed by atoms with Crippen LogP contribution in [0.4, 0.5) is 0 Å². The molecule has 0 N–H and O–H groups in total. The molecule has 0 bridgehead atoms. The molecule has 0 aliphatic heterocycles. The summed E-state index contributed by atoms with van der Waals surface area (Å²) in [6.07, 6.45) is 2.27. The maximum absolute atomic E-state index is 6.01. The molecule has 0 aliphatic rings. The fourth-order valence-corrected chi connectivity index (χ4v) is 2.69. The van der Waals surface area contributed by atoms with Crippen LogP contribution in [-0.2, 0) is 10.3 Å². The lowest BCUT2D eigenvalue weighted by Crippen LogP contribution is -2.28. The van der Waals surface area contributed by atoms with Gasteiger partial charge in [-0.1, -0.05) is 63.4 Å². The number of ether oxygens (including phenoxy) is 1. The van der Waals surface area contributed by atoms with Gasteiger partial charge in [-0.05, 0) is 25.0 Å². The van der Waals surface area contributed by atoms with E-state index in [0.29, 0.717) is 0 Å². The summed E-state index contributed by atoms with van der Waals surface area (Å²) in [5.41, 5.74) is 0.943. The van der Waals surface area contributed by atoms with Gasteiger partial charge in [0, 0.05) is 16.4 Å². The van der Waals surface area contributed by atoms with Crippen LogP contribution in [-0.4, -0.2) is 11.9 Å². The van der Waals surface area contributed by atoms with Gasteiger partial charge in [-0.3, -0.25) is 0 Å². The Bertz CT molecular complexity index is 327. The lowest BCUT2D eigenvalue weighted by atomic mass is 9.98.